The summed E-state index contributed by atoms with van der Waals surface area (Å²) in [6.45, 7) is 0.227. The number of carbonyl (C=O) groups is 3. The van der Waals surface area contributed by atoms with E-state index in [9.17, 15) is 14.4 Å². The van der Waals surface area contributed by atoms with Crippen molar-refractivity contribution in [1.29, 1.82) is 0 Å². The first-order valence-corrected chi connectivity index (χ1v) is 11.6. The predicted octanol–water partition coefficient (Wildman–Crippen LogP) is 3.46. The van der Waals surface area contributed by atoms with Crippen molar-refractivity contribution in [2.45, 2.75) is 19.0 Å². The van der Waals surface area contributed by atoms with Crippen molar-refractivity contribution < 1.29 is 19.6 Å². The van der Waals surface area contributed by atoms with Gasteiger partial charge in [-0.25, -0.2) is 10.3 Å². The standard InChI is InChI=1S/C25H23N5O4S/c31-23(28-18-9-10-21-17(13-18)14-22(35-21)24(32)30-34)20(12-16-6-2-1-3-7-16)29-25(33)27-15-19-8-4-5-11-26-19/h1-11,13-14,20,34H,12,15H2,(H,28,31)(H,30,32)(H2,27,29,33). The van der Waals surface area contributed by atoms with Gasteiger partial charge >= 0.3 is 6.03 Å². The minimum Gasteiger partial charge on any atom is -0.332 e. The van der Waals surface area contributed by atoms with Crippen LogP contribution in [0.2, 0.25) is 0 Å². The average molecular weight is 490 g/mol. The van der Waals surface area contributed by atoms with Crippen LogP contribution >= 0.6 is 11.3 Å². The average Bonchev–Trinajstić information content (AvgIpc) is 3.31. The number of urea groups is 1. The normalized spacial score (nSPS) is 11.5. The van der Waals surface area contributed by atoms with Gasteiger partial charge in [-0.15, -0.1) is 11.3 Å². The molecule has 10 heteroatoms. The second-order valence-corrected chi connectivity index (χ2v) is 8.77. The summed E-state index contributed by atoms with van der Waals surface area (Å²) in [5, 5.41) is 17.9. The molecule has 0 aliphatic heterocycles. The lowest BCUT2D eigenvalue weighted by atomic mass is 10.1. The number of thiophene rings is 1. The van der Waals surface area contributed by atoms with Crippen molar-refractivity contribution in [3.63, 3.8) is 0 Å². The number of aromatic nitrogens is 1. The second kappa shape index (κ2) is 11.2. The van der Waals surface area contributed by atoms with E-state index in [1.54, 1.807) is 48.1 Å². The van der Waals surface area contributed by atoms with E-state index >= 15 is 0 Å². The number of anilines is 1. The van der Waals surface area contributed by atoms with E-state index in [0.29, 0.717) is 22.7 Å². The minimum atomic E-state index is -0.838. The van der Waals surface area contributed by atoms with Crippen molar-refractivity contribution >= 4 is 45.0 Å². The first-order valence-electron chi connectivity index (χ1n) is 10.8. The second-order valence-electron chi connectivity index (χ2n) is 7.68. The molecule has 0 saturated heterocycles. The number of carbonyl (C=O) groups excluding carboxylic acids is 3. The number of nitrogens with one attached hydrogen (secondary N) is 4. The highest BCUT2D eigenvalue weighted by Crippen LogP contribution is 2.28. The third-order valence-electron chi connectivity index (χ3n) is 5.17. The molecule has 1 atom stereocenters. The van der Waals surface area contributed by atoms with Crippen molar-refractivity contribution in [2.24, 2.45) is 0 Å². The summed E-state index contributed by atoms with van der Waals surface area (Å²) in [4.78, 5) is 41.9. The summed E-state index contributed by atoms with van der Waals surface area (Å²) in [5.41, 5.74) is 3.73. The fraction of sp³-hybridized carbons (Fsp3) is 0.120. The first kappa shape index (κ1) is 23.9. The van der Waals surface area contributed by atoms with Gasteiger partial charge < -0.3 is 16.0 Å². The summed E-state index contributed by atoms with van der Waals surface area (Å²) in [6, 6.07) is 20.4. The van der Waals surface area contributed by atoms with Crippen molar-refractivity contribution in [3.8, 4) is 0 Å². The highest BCUT2D eigenvalue weighted by molar-refractivity contribution is 7.20. The summed E-state index contributed by atoms with van der Waals surface area (Å²) in [7, 11) is 0. The van der Waals surface area contributed by atoms with Gasteiger partial charge in [0, 0.05) is 23.0 Å². The highest BCUT2D eigenvalue weighted by atomic mass is 32.1. The minimum absolute atomic E-state index is 0.227. The molecule has 0 saturated carbocycles. The molecule has 2 aromatic heterocycles. The monoisotopic (exact) mass is 489 g/mol. The molecule has 2 heterocycles. The molecule has 0 spiro atoms. The predicted molar refractivity (Wildman–Crippen MR) is 133 cm³/mol. The number of benzene rings is 2. The maximum atomic E-state index is 13.2. The molecule has 4 amide bonds. The topological polar surface area (TPSA) is 132 Å². The van der Waals surface area contributed by atoms with E-state index in [0.717, 1.165) is 15.6 Å². The fourth-order valence-corrected chi connectivity index (χ4v) is 4.39. The number of hydrogen-bond acceptors (Lipinski definition) is 6. The summed E-state index contributed by atoms with van der Waals surface area (Å²) in [6.07, 6.45) is 1.94. The zero-order valence-corrected chi connectivity index (χ0v) is 19.3. The Morgan fingerprint density at radius 3 is 2.51 bits per heavy atom. The maximum absolute atomic E-state index is 13.2. The van der Waals surface area contributed by atoms with Crippen molar-refractivity contribution in [1.82, 2.24) is 21.1 Å². The Morgan fingerprint density at radius 2 is 1.77 bits per heavy atom. The van der Waals surface area contributed by atoms with Crippen LogP contribution in [-0.4, -0.2) is 34.1 Å². The molecule has 1 unspecified atom stereocenters. The maximum Gasteiger partial charge on any atom is 0.315 e. The van der Waals surface area contributed by atoms with Crippen LogP contribution in [0.1, 0.15) is 20.9 Å². The van der Waals surface area contributed by atoms with Crippen LogP contribution in [0, 0.1) is 0 Å². The Bertz CT molecular complexity index is 1330. The molecule has 0 aliphatic rings. The van der Waals surface area contributed by atoms with E-state index in [4.69, 9.17) is 5.21 Å². The highest BCUT2D eigenvalue weighted by Gasteiger charge is 2.22. The SMILES string of the molecule is O=C(NCc1ccccn1)NC(Cc1ccccc1)C(=O)Nc1ccc2sc(C(=O)NO)cc2c1. The van der Waals surface area contributed by atoms with Gasteiger partial charge in [0.15, 0.2) is 0 Å². The van der Waals surface area contributed by atoms with E-state index < -0.39 is 18.0 Å². The number of pyridine rings is 1. The van der Waals surface area contributed by atoms with Crippen molar-refractivity contribution in [2.75, 3.05) is 5.32 Å². The Hall–Kier alpha value is -4.28. The first-order chi connectivity index (χ1) is 17.0. The van der Waals surface area contributed by atoms with Crippen LogP contribution in [0.15, 0.2) is 79.0 Å². The lowest BCUT2D eigenvalue weighted by molar-refractivity contribution is -0.117. The number of amides is 4. The van der Waals surface area contributed by atoms with Gasteiger partial charge in [0.1, 0.15) is 6.04 Å². The van der Waals surface area contributed by atoms with Crippen LogP contribution in [0.25, 0.3) is 10.1 Å². The largest absolute Gasteiger partial charge is 0.332 e. The number of hydrogen-bond donors (Lipinski definition) is 5. The van der Waals surface area contributed by atoms with Crippen LogP contribution in [0.5, 0.6) is 0 Å². The van der Waals surface area contributed by atoms with Gasteiger partial charge in [0.2, 0.25) is 5.91 Å². The number of fused-ring (bicyclic) bond motifs is 1. The van der Waals surface area contributed by atoms with E-state index in [-0.39, 0.29) is 12.5 Å². The van der Waals surface area contributed by atoms with E-state index in [1.165, 1.54) is 11.3 Å². The Balaban J connectivity index is 1.47. The molecular weight excluding hydrogens is 466 g/mol. The molecule has 5 N–H and O–H groups in total. The Kier molecular flexibility index (Phi) is 7.66. The molecule has 4 aromatic rings. The molecule has 4 rings (SSSR count). The molecule has 9 nitrogen and oxygen atoms in total. The molecule has 2 aromatic carbocycles. The lowest BCUT2D eigenvalue weighted by Crippen LogP contribution is -2.49. The van der Waals surface area contributed by atoms with E-state index in [2.05, 4.69) is 20.9 Å². The third-order valence-corrected chi connectivity index (χ3v) is 6.28. The zero-order chi connectivity index (χ0) is 24.6. The van der Waals surface area contributed by atoms with Gasteiger partial charge in [-0.2, -0.15) is 0 Å². The summed E-state index contributed by atoms with van der Waals surface area (Å²) >= 11 is 1.22. The van der Waals surface area contributed by atoms with E-state index in [1.807, 2.05) is 36.4 Å². The molecule has 0 aliphatic carbocycles. The van der Waals surface area contributed by atoms with Gasteiger partial charge in [-0.3, -0.25) is 19.8 Å². The molecule has 0 fully saturated rings. The number of hydroxylamine groups is 1. The third kappa shape index (κ3) is 6.40. The number of nitrogens with zero attached hydrogens (tertiary/aromatic N) is 1. The van der Waals surface area contributed by atoms with Crippen LogP contribution in [-0.2, 0) is 17.8 Å². The van der Waals surface area contributed by atoms with Crippen LogP contribution in [0.4, 0.5) is 10.5 Å². The van der Waals surface area contributed by atoms with Crippen LogP contribution in [0.3, 0.4) is 0 Å². The van der Waals surface area contributed by atoms with Crippen LogP contribution < -0.4 is 21.4 Å². The van der Waals surface area contributed by atoms with Gasteiger partial charge in [-0.05, 0) is 47.3 Å². The Labute approximate surface area is 205 Å². The fourth-order valence-electron chi connectivity index (χ4n) is 3.46. The smallest absolute Gasteiger partial charge is 0.315 e. The molecule has 35 heavy (non-hydrogen) atoms. The number of rotatable bonds is 8. The molecule has 0 bridgehead atoms. The zero-order valence-electron chi connectivity index (χ0n) is 18.5. The lowest BCUT2D eigenvalue weighted by Gasteiger charge is -2.19. The molecule has 178 valence electrons. The van der Waals surface area contributed by atoms with Gasteiger partial charge in [0.25, 0.3) is 5.91 Å². The van der Waals surface area contributed by atoms with Gasteiger partial charge in [-0.1, -0.05) is 36.4 Å². The summed E-state index contributed by atoms with van der Waals surface area (Å²) in [5.74, 6) is -0.981. The molecule has 0 radical (unpaired) electrons. The quantitative estimate of drug-likeness (QED) is 0.191. The van der Waals surface area contributed by atoms with Crippen molar-refractivity contribution in [3.05, 3.63) is 95.1 Å². The molecular formula is C25H23N5O4S. The Morgan fingerprint density at radius 1 is 0.971 bits per heavy atom. The van der Waals surface area contributed by atoms with Gasteiger partial charge in [0.05, 0.1) is 17.1 Å². The summed E-state index contributed by atoms with van der Waals surface area (Å²) < 4.78 is 0.828.